The average Bonchev–Trinajstić information content (AvgIpc) is 2.04. The molecule has 1 N–H and O–H groups in total. The summed E-state index contributed by atoms with van der Waals surface area (Å²) in [5.74, 6) is -0.0683. The molecule has 0 heterocycles. The van der Waals surface area contributed by atoms with Crippen molar-refractivity contribution >= 4 is 5.78 Å². The van der Waals surface area contributed by atoms with Crippen LogP contribution in [0.25, 0.3) is 0 Å². The van der Waals surface area contributed by atoms with Gasteiger partial charge in [0.1, 0.15) is 0 Å². The highest BCUT2D eigenvalue weighted by Crippen LogP contribution is 1.95. The Labute approximate surface area is 73.2 Å². The van der Waals surface area contributed by atoms with Gasteiger partial charge in [-0.3, -0.25) is 4.79 Å². The van der Waals surface area contributed by atoms with Crippen LogP contribution in [-0.2, 0) is 14.3 Å². The summed E-state index contributed by atoms with van der Waals surface area (Å²) in [6.07, 6.45) is -0.701. The SMILES string of the molecule is CCOC(OCC)C(=O)CNC. The summed E-state index contributed by atoms with van der Waals surface area (Å²) in [4.78, 5) is 11.2. The molecule has 72 valence electrons. The molecule has 0 aromatic rings. The molecule has 0 rings (SSSR count). The van der Waals surface area contributed by atoms with Crippen molar-refractivity contribution in [2.45, 2.75) is 20.1 Å². The van der Waals surface area contributed by atoms with Crippen LogP contribution >= 0.6 is 0 Å². The molecule has 0 aliphatic carbocycles. The van der Waals surface area contributed by atoms with Gasteiger partial charge in [-0.2, -0.15) is 0 Å². The van der Waals surface area contributed by atoms with Crippen LogP contribution in [0.3, 0.4) is 0 Å². The maximum Gasteiger partial charge on any atom is 0.219 e. The van der Waals surface area contributed by atoms with E-state index in [1.165, 1.54) is 0 Å². The first-order valence-electron chi connectivity index (χ1n) is 4.16. The summed E-state index contributed by atoms with van der Waals surface area (Å²) in [5, 5.41) is 2.76. The molecule has 0 amide bonds. The van der Waals surface area contributed by atoms with E-state index < -0.39 is 6.29 Å². The van der Waals surface area contributed by atoms with Crippen molar-refractivity contribution in [3.8, 4) is 0 Å². The molecule has 0 fully saturated rings. The lowest BCUT2D eigenvalue weighted by atomic mass is 10.4. The Bertz CT molecular complexity index is 121. The second kappa shape index (κ2) is 7.21. The first-order chi connectivity index (χ1) is 5.76. The molecule has 0 bridgehead atoms. The van der Waals surface area contributed by atoms with E-state index in [0.29, 0.717) is 13.2 Å². The molecular weight excluding hydrogens is 158 g/mol. The first kappa shape index (κ1) is 11.6. The van der Waals surface area contributed by atoms with Gasteiger partial charge in [0.2, 0.25) is 12.1 Å². The minimum atomic E-state index is -0.701. The molecule has 0 radical (unpaired) electrons. The minimum Gasteiger partial charge on any atom is -0.346 e. The summed E-state index contributed by atoms with van der Waals surface area (Å²) in [6, 6.07) is 0. The fourth-order valence-electron chi connectivity index (χ4n) is 0.794. The third-order valence-electron chi connectivity index (χ3n) is 1.25. The Morgan fingerprint density at radius 2 is 1.83 bits per heavy atom. The second-order valence-electron chi connectivity index (χ2n) is 2.24. The number of carbonyl (C=O) groups is 1. The number of hydrogen-bond acceptors (Lipinski definition) is 4. The van der Waals surface area contributed by atoms with Crippen LogP contribution in [0.4, 0.5) is 0 Å². The van der Waals surface area contributed by atoms with Gasteiger partial charge in [0.25, 0.3) is 0 Å². The molecule has 0 atom stereocenters. The Kier molecular flexibility index (Phi) is 6.94. The third kappa shape index (κ3) is 4.43. The van der Waals surface area contributed by atoms with Crippen molar-refractivity contribution in [3.63, 3.8) is 0 Å². The standard InChI is InChI=1S/C8H17NO3/c1-4-11-8(12-5-2)7(10)6-9-3/h8-9H,4-6H2,1-3H3. The first-order valence-corrected chi connectivity index (χ1v) is 4.16. The second-order valence-corrected chi connectivity index (χ2v) is 2.24. The molecule has 0 aliphatic rings. The molecule has 0 aromatic carbocycles. The van der Waals surface area contributed by atoms with E-state index in [1.807, 2.05) is 13.8 Å². The van der Waals surface area contributed by atoms with Crippen molar-refractivity contribution in [1.29, 1.82) is 0 Å². The number of carbonyl (C=O) groups excluding carboxylic acids is 1. The predicted molar refractivity (Wildman–Crippen MR) is 46.0 cm³/mol. The van der Waals surface area contributed by atoms with Gasteiger partial charge >= 0.3 is 0 Å². The highest BCUT2D eigenvalue weighted by molar-refractivity contribution is 5.83. The molecule has 12 heavy (non-hydrogen) atoms. The van der Waals surface area contributed by atoms with E-state index in [4.69, 9.17) is 9.47 Å². The van der Waals surface area contributed by atoms with Crippen LogP contribution in [0, 0.1) is 0 Å². The zero-order valence-corrected chi connectivity index (χ0v) is 7.92. The van der Waals surface area contributed by atoms with Crippen LogP contribution in [0.2, 0.25) is 0 Å². The smallest absolute Gasteiger partial charge is 0.219 e. The number of rotatable bonds is 7. The fraction of sp³-hybridized carbons (Fsp3) is 0.875. The van der Waals surface area contributed by atoms with Gasteiger partial charge in [-0.15, -0.1) is 0 Å². The number of hydrogen-bond donors (Lipinski definition) is 1. The molecule has 0 aromatic heterocycles. The molecular formula is C8H17NO3. The zero-order chi connectivity index (χ0) is 9.40. The summed E-state index contributed by atoms with van der Waals surface area (Å²) in [6.45, 7) is 4.92. The fourth-order valence-corrected chi connectivity index (χ4v) is 0.794. The minimum absolute atomic E-state index is 0.0683. The monoisotopic (exact) mass is 175 g/mol. The Morgan fingerprint density at radius 1 is 1.33 bits per heavy atom. The van der Waals surface area contributed by atoms with Crippen molar-refractivity contribution in [1.82, 2.24) is 5.32 Å². The van der Waals surface area contributed by atoms with Crippen LogP contribution < -0.4 is 5.32 Å². The normalized spacial score (nSPS) is 10.7. The molecule has 0 unspecified atom stereocenters. The van der Waals surface area contributed by atoms with Gasteiger partial charge in [0.15, 0.2) is 0 Å². The van der Waals surface area contributed by atoms with Gasteiger partial charge in [-0.25, -0.2) is 0 Å². The van der Waals surface area contributed by atoms with Crippen LogP contribution in [-0.4, -0.2) is 38.9 Å². The molecule has 0 saturated heterocycles. The van der Waals surface area contributed by atoms with E-state index in [1.54, 1.807) is 7.05 Å². The van der Waals surface area contributed by atoms with E-state index in [2.05, 4.69) is 5.32 Å². The number of nitrogens with one attached hydrogen (secondary N) is 1. The maximum atomic E-state index is 11.2. The van der Waals surface area contributed by atoms with Crippen molar-refractivity contribution in [2.24, 2.45) is 0 Å². The van der Waals surface area contributed by atoms with Crippen molar-refractivity contribution < 1.29 is 14.3 Å². The maximum absolute atomic E-state index is 11.2. The molecule has 0 aliphatic heterocycles. The highest BCUT2D eigenvalue weighted by Gasteiger charge is 2.16. The van der Waals surface area contributed by atoms with Crippen molar-refractivity contribution in [3.05, 3.63) is 0 Å². The lowest BCUT2D eigenvalue weighted by molar-refractivity contribution is -0.166. The summed E-state index contributed by atoms with van der Waals surface area (Å²) < 4.78 is 10.2. The lowest BCUT2D eigenvalue weighted by Crippen LogP contribution is -2.34. The van der Waals surface area contributed by atoms with E-state index >= 15 is 0 Å². The molecule has 0 saturated carbocycles. The topological polar surface area (TPSA) is 47.6 Å². The number of likely N-dealkylation sites (N-methyl/N-ethyl adjacent to an activating group) is 1. The Balaban J connectivity index is 3.81. The Morgan fingerprint density at radius 3 is 2.17 bits per heavy atom. The van der Waals surface area contributed by atoms with Crippen LogP contribution in [0.1, 0.15) is 13.8 Å². The third-order valence-corrected chi connectivity index (χ3v) is 1.25. The Hall–Kier alpha value is -0.450. The highest BCUT2D eigenvalue weighted by atomic mass is 16.7. The van der Waals surface area contributed by atoms with Gasteiger partial charge in [0, 0.05) is 13.2 Å². The van der Waals surface area contributed by atoms with Crippen LogP contribution in [0.5, 0.6) is 0 Å². The number of ketones is 1. The van der Waals surface area contributed by atoms with E-state index in [0.717, 1.165) is 0 Å². The molecule has 4 nitrogen and oxygen atoms in total. The largest absolute Gasteiger partial charge is 0.346 e. The van der Waals surface area contributed by atoms with Gasteiger partial charge < -0.3 is 14.8 Å². The van der Waals surface area contributed by atoms with Gasteiger partial charge in [-0.05, 0) is 20.9 Å². The van der Waals surface area contributed by atoms with E-state index in [-0.39, 0.29) is 12.3 Å². The van der Waals surface area contributed by atoms with Crippen LogP contribution in [0.15, 0.2) is 0 Å². The quantitative estimate of drug-likeness (QED) is 0.560. The summed E-state index contributed by atoms with van der Waals surface area (Å²) in [5.41, 5.74) is 0. The number of ether oxygens (including phenoxy) is 2. The molecule has 0 spiro atoms. The van der Waals surface area contributed by atoms with Gasteiger partial charge in [0.05, 0.1) is 6.54 Å². The molecule has 4 heteroatoms. The lowest BCUT2D eigenvalue weighted by Gasteiger charge is -2.14. The number of Topliss-reactive ketones (excluding diaryl/α,β-unsaturated/α-hetero) is 1. The summed E-state index contributed by atoms with van der Waals surface area (Å²) in [7, 11) is 1.72. The summed E-state index contributed by atoms with van der Waals surface area (Å²) >= 11 is 0. The van der Waals surface area contributed by atoms with E-state index in [9.17, 15) is 4.79 Å². The van der Waals surface area contributed by atoms with Crippen molar-refractivity contribution in [2.75, 3.05) is 26.8 Å². The average molecular weight is 175 g/mol. The zero-order valence-electron chi connectivity index (χ0n) is 7.92. The van der Waals surface area contributed by atoms with Gasteiger partial charge in [-0.1, -0.05) is 0 Å². The predicted octanol–water partition coefficient (Wildman–Crippen LogP) is 0.174.